The highest BCUT2D eigenvalue weighted by Crippen LogP contribution is 2.33. The van der Waals surface area contributed by atoms with Crippen molar-refractivity contribution in [1.29, 1.82) is 0 Å². The summed E-state index contributed by atoms with van der Waals surface area (Å²) in [6.45, 7) is 3.75. The largest absolute Gasteiger partial charge is 0.370 e. The summed E-state index contributed by atoms with van der Waals surface area (Å²) in [5.41, 5.74) is 7.06. The number of hydrogen-bond donors (Lipinski definition) is 1. The molecule has 1 unspecified atom stereocenters. The van der Waals surface area contributed by atoms with Crippen molar-refractivity contribution in [3.8, 4) is 0 Å². The molecule has 0 radical (unpaired) electrons. The Kier molecular flexibility index (Phi) is 3.94. The third kappa shape index (κ3) is 2.58. The predicted octanol–water partition coefficient (Wildman–Crippen LogP) is 3.18. The van der Waals surface area contributed by atoms with E-state index in [1.807, 2.05) is 18.2 Å². The normalized spacial score (nSPS) is 19.6. The number of hydrogen-bond acceptors (Lipinski definition) is 3. The highest BCUT2D eigenvalue weighted by Gasteiger charge is 2.28. The van der Waals surface area contributed by atoms with Crippen LogP contribution >= 0.6 is 27.5 Å². The van der Waals surface area contributed by atoms with Crippen molar-refractivity contribution in [3.63, 3.8) is 0 Å². The number of nitrogens with zero attached hydrogens (tertiary/aromatic N) is 2. The van der Waals surface area contributed by atoms with Gasteiger partial charge in [-0.05, 0) is 30.2 Å². The van der Waals surface area contributed by atoms with Crippen LogP contribution in [0.1, 0.15) is 24.9 Å². The first kappa shape index (κ1) is 12.7. The molecule has 0 aliphatic carbocycles. The molecule has 0 spiro atoms. The molecule has 2 rings (SSSR count). The van der Waals surface area contributed by atoms with Crippen LogP contribution in [0, 0.1) is 0 Å². The van der Waals surface area contributed by atoms with Crippen LogP contribution in [-0.2, 0) is 0 Å². The lowest BCUT2D eigenvalue weighted by molar-refractivity contribution is 0.346. The van der Waals surface area contributed by atoms with E-state index in [4.69, 9.17) is 17.3 Å². The number of aliphatic imine (C=N–C) groups is 1. The van der Waals surface area contributed by atoms with Crippen LogP contribution in [0.15, 0.2) is 27.7 Å². The summed E-state index contributed by atoms with van der Waals surface area (Å²) in [5, 5.41) is 0.741. The summed E-state index contributed by atoms with van der Waals surface area (Å²) in [5.74, 6) is 0.628. The molecule has 3 nitrogen and oxygen atoms in total. The topological polar surface area (TPSA) is 41.6 Å². The summed E-state index contributed by atoms with van der Waals surface area (Å²) in [6, 6.07) is 6.02. The van der Waals surface area contributed by atoms with Gasteiger partial charge in [-0.3, -0.25) is 4.99 Å². The molecular weight excluding hydrogens is 302 g/mol. The molecule has 0 saturated carbocycles. The Morgan fingerprint density at radius 3 is 3.06 bits per heavy atom. The summed E-state index contributed by atoms with van der Waals surface area (Å²) >= 11 is 9.61. The number of guanidine groups is 1. The molecule has 0 saturated heterocycles. The van der Waals surface area contributed by atoms with Gasteiger partial charge in [-0.25, -0.2) is 0 Å². The van der Waals surface area contributed by atoms with Crippen molar-refractivity contribution in [2.24, 2.45) is 10.7 Å². The van der Waals surface area contributed by atoms with E-state index >= 15 is 0 Å². The maximum Gasteiger partial charge on any atom is 0.191 e. The van der Waals surface area contributed by atoms with Crippen molar-refractivity contribution in [3.05, 3.63) is 33.3 Å². The van der Waals surface area contributed by atoms with E-state index < -0.39 is 0 Å². The fraction of sp³-hybridized carbons (Fsp3) is 0.417. The molecule has 1 aromatic rings. The average Bonchev–Trinajstić information content (AvgIpc) is 2.65. The monoisotopic (exact) mass is 315 g/mol. The Labute approximate surface area is 115 Å². The SMILES string of the molecule is CCCN1C(N)=NCC1c1cc(Cl)ccc1Br. The Bertz CT molecular complexity index is 447. The lowest BCUT2D eigenvalue weighted by atomic mass is 10.1. The lowest BCUT2D eigenvalue weighted by Gasteiger charge is -2.26. The zero-order valence-electron chi connectivity index (χ0n) is 9.66. The number of benzene rings is 1. The molecule has 0 bridgehead atoms. The van der Waals surface area contributed by atoms with E-state index in [0.29, 0.717) is 12.5 Å². The van der Waals surface area contributed by atoms with Crippen LogP contribution in [0.4, 0.5) is 0 Å². The van der Waals surface area contributed by atoms with Crippen LogP contribution in [0.3, 0.4) is 0 Å². The standard InChI is InChI=1S/C12H15BrClN3/c1-2-5-17-11(7-16-12(17)15)9-6-8(14)3-4-10(9)13/h3-4,6,11H,2,5,7H2,1H3,(H2,15,16). The smallest absolute Gasteiger partial charge is 0.191 e. The molecule has 0 amide bonds. The van der Waals surface area contributed by atoms with E-state index in [0.717, 1.165) is 28.0 Å². The number of nitrogens with two attached hydrogens (primary N) is 1. The van der Waals surface area contributed by atoms with E-state index in [1.54, 1.807) is 0 Å². The van der Waals surface area contributed by atoms with Gasteiger partial charge in [0.1, 0.15) is 0 Å². The first-order valence-corrected chi connectivity index (χ1v) is 6.82. The highest BCUT2D eigenvalue weighted by atomic mass is 79.9. The quantitative estimate of drug-likeness (QED) is 0.930. The fourth-order valence-electron chi connectivity index (χ4n) is 2.08. The minimum atomic E-state index is 0.197. The molecule has 1 aliphatic rings. The van der Waals surface area contributed by atoms with Crippen LogP contribution in [-0.4, -0.2) is 23.9 Å². The van der Waals surface area contributed by atoms with Gasteiger partial charge < -0.3 is 10.6 Å². The lowest BCUT2D eigenvalue weighted by Crippen LogP contribution is -2.36. The first-order valence-electron chi connectivity index (χ1n) is 5.65. The number of rotatable bonds is 3. The van der Waals surface area contributed by atoms with Crippen LogP contribution in [0.5, 0.6) is 0 Å². The maximum atomic E-state index is 6.05. The van der Waals surface area contributed by atoms with Crippen LogP contribution in [0.25, 0.3) is 0 Å². The van der Waals surface area contributed by atoms with Crippen molar-refractivity contribution in [2.75, 3.05) is 13.1 Å². The molecule has 1 aromatic carbocycles. The summed E-state index contributed by atoms with van der Waals surface area (Å²) in [4.78, 5) is 6.46. The second-order valence-electron chi connectivity index (χ2n) is 4.07. The molecular formula is C12H15BrClN3. The zero-order valence-corrected chi connectivity index (χ0v) is 12.0. The zero-order chi connectivity index (χ0) is 12.4. The molecule has 0 fully saturated rings. The van der Waals surface area contributed by atoms with Crippen molar-refractivity contribution in [2.45, 2.75) is 19.4 Å². The molecule has 1 aliphatic heterocycles. The van der Waals surface area contributed by atoms with Crippen molar-refractivity contribution in [1.82, 2.24) is 4.90 Å². The second-order valence-corrected chi connectivity index (χ2v) is 5.36. The van der Waals surface area contributed by atoms with E-state index in [1.165, 1.54) is 0 Å². The average molecular weight is 317 g/mol. The van der Waals surface area contributed by atoms with Crippen LogP contribution in [0.2, 0.25) is 5.02 Å². The van der Waals surface area contributed by atoms with Gasteiger partial charge in [0.15, 0.2) is 5.96 Å². The van der Waals surface area contributed by atoms with E-state index in [2.05, 4.69) is 32.7 Å². The summed E-state index contributed by atoms with van der Waals surface area (Å²) < 4.78 is 1.05. The van der Waals surface area contributed by atoms with Gasteiger partial charge in [0.25, 0.3) is 0 Å². The van der Waals surface area contributed by atoms with E-state index in [9.17, 15) is 0 Å². The Balaban J connectivity index is 2.30. The summed E-state index contributed by atoms with van der Waals surface area (Å²) in [6.07, 6.45) is 1.05. The van der Waals surface area contributed by atoms with Gasteiger partial charge >= 0.3 is 0 Å². The highest BCUT2D eigenvalue weighted by molar-refractivity contribution is 9.10. The van der Waals surface area contributed by atoms with Crippen LogP contribution < -0.4 is 5.73 Å². The molecule has 0 aromatic heterocycles. The predicted molar refractivity (Wildman–Crippen MR) is 75.4 cm³/mol. The third-order valence-corrected chi connectivity index (χ3v) is 3.84. The number of halogens is 2. The summed E-state index contributed by atoms with van der Waals surface area (Å²) in [7, 11) is 0. The Morgan fingerprint density at radius 1 is 1.59 bits per heavy atom. The molecule has 5 heteroatoms. The van der Waals surface area contributed by atoms with Gasteiger partial charge in [0, 0.05) is 16.0 Å². The third-order valence-electron chi connectivity index (χ3n) is 2.88. The van der Waals surface area contributed by atoms with Gasteiger partial charge in [-0.15, -0.1) is 0 Å². The second kappa shape index (κ2) is 5.27. The van der Waals surface area contributed by atoms with Gasteiger partial charge in [-0.1, -0.05) is 34.5 Å². The fourth-order valence-corrected chi connectivity index (χ4v) is 2.77. The van der Waals surface area contributed by atoms with Gasteiger partial charge in [-0.2, -0.15) is 0 Å². The molecule has 92 valence electrons. The van der Waals surface area contributed by atoms with Gasteiger partial charge in [0.2, 0.25) is 0 Å². The van der Waals surface area contributed by atoms with E-state index in [-0.39, 0.29) is 6.04 Å². The molecule has 17 heavy (non-hydrogen) atoms. The molecule has 1 heterocycles. The first-order chi connectivity index (χ1) is 8.13. The minimum absolute atomic E-state index is 0.197. The minimum Gasteiger partial charge on any atom is -0.370 e. The Hall–Kier alpha value is -0.740. The van der Waals surface area contributed by atoms with Crippen molar-refractivity contribution < 1.29 is 0 Å². The van der Waals surface area contributed by atoms with Crippen molar-refractivity contribution >= 4 is 33.5 Å². The maximum absolute atomic E-state index is 6.05. The Morgan fingerprint density at radius 2 is 2.35 bits per heavy atom. The molecule has 2 N–H and O–H groups in total. The molecule has 1 atom stereocenters. The van der Waals surface area contributed by atoms with Gasteiger partial charge in [0.05, 0.1) is 12.6 Å².